The maximum atomic E-state index is 11.4. The molecule has 0 aromatic heterocycles. The van der Waals surface area contributed by atoms with Gasteiger partial charge in [-0.05, 0) is 18.3 Å². The molecule has 80 valence electrons. The highest BCUT2D eigenvalue weighted by Gasteiger charge is 2.40. The Balaban J connectivity index is 2.66. The first-order valence-electron chi connectivity index (χ1n) is 4.91. The van der Waals surface area contributed by atoms with Crippen LogP contribution in [0.1, 0.15) is 20.3 Å². The second-order valence-electron chi connectivity index (χ2n) is 4.14. The van der Waals surface area contributed by atoms with Crippen molar-refractivity contribution in [1.29, 1.82) is 0 Å². The molecular formula is C10H17NO3. The third kappa shape index (κ3) is 2.25. The third-order valence-corrected chi connectivity index (χ3v) is 2.52. The summed E-state index contributed by atoms with van der Waals surface area (Å²) in [5, 5.41) is 2.70. The Bertz CT molecular complexity index is 238. The van der Waals surface area contributed by atoms with E-state index in [1.165, 1.54) is 7.11 Å². The van der Waals surface area contributed by atoms with Crippen LogP contribution in [0.3, 0.4) is 0 Å². The van der Waals surface area contributed by atoms with Crippen LogP contribution in [0.2, 0.25) is 0 Å². The molecule has 0 aromatic carbocycles. The maximum Gasteiger partial charge on any atom is 0.318 e. The number of hydrogen-bond acceptors (Lipinski definition) is 3. The van der Waals surface area contributed by atoms with Gasteiger partial charge >= 0.3 is 5.97 Å². The molecule has 1 rings (SSSR count). The van der Waals surface area contributed by atoms with Crippen molar-refractivity contribution in [2.45, 2.75) is 20.3 Å². The average molecular weight is 199 g/mol. The molecule has 1 aliphatic heterocycles. The number of methoxy groups -OCH3 is 1. The zero-order valence-corrected chi connectivity index (χ0v) is 8.87. The van der Waals surface area contributed by atoms with Crippen molar-refractivity contribution in [3.8, 4) is 0 Å². The van der Waals surface area contributed by atoms with Crippen molar-refractivity contribution in [3.05, 3.63) is 0 Å². The molecule has 1 fully saturated rings. The van der Waals surface area contributed by atoms with Gasteiger partial charge in [0.25, 0.3) is 0 Å². The molecule has 1 heterocycles. The third-order valence-electron chi connectivity index (χ3n) is 2.52. The number of hydrogen-bond donors (Lipinski definition) is 1. The molecule has 0 spiro atoms. The van der Waals surface area contributed by atoms with Crippen molar-refractivity contribution in [1.82, 2.24) is 5.32 Å². The normalized spacial score (nSPS) is 26.4. The van der Waals surface area contributed by atoms with E-state index in [0.29, 0.717) is 12.5 Å². The number of rotatable bonds is 3. The molecule has 1 aliphatic rings. The van der Waals surface area contributed by atoms with Crippen molar-refractivity contribution in [3.63, 3.8) is 0 Å². The molecule has 1 saturated heterocycles. The Kier molecular flexibility index (Phi) is 3.49. The highest BCUT2D eigenvalue weighted by atomic mass is 16.5. The largest absolute Gasteiger partial charge is 0.468 e. The van der Waals surface area contributed by atoms with Crippen molar-refractivity contribution < 1.29 is 14.3 Å². The minimum atomic E-state index is -0.595. The molecule has 4 heteroatoms. The van der Waals surface area contributed by atoms with Crippen molar-refractivity contribution in [2.24, 2.45) is 17.8 Å². The molecule has 0 unspecified atom stereocenters. The average Bonchev–Trinajstić information content (AvgIpc) is 2.45. The summed E-state index contributed by atoms with van der Waals surface area (Å²) < 4.78 is 4.62. The van der Waals surface area contributed by atoms with Crippen LogP contribution in [0.4, 0.5) is 0 Å². The van der Waals surface area contributed by atoms with Gasteiger partial charge in [0.05, 0.1) is 7.11 Å². The number of amides is 1. The second kappa shape index (κ2) is 4.44. The van der Waals surface area contributed by atoms with Crippen LogP contribution in [0.25, 0.3) is 0 Å². The smallest absolute Gasteiger partial charge is 0.318 e. The molecule has 0 aliphatic carbocycles. The van der Waals surface area contributed by atoms with E-state index in [-0.39, 0.29) is 11.8 Å². The van der Waals surface area contributed by atoms with E-state index in [2.05, 4.69) is 23.9 Å². The predicted octanol–water partition coefficient (Wildman–Crippen LogP) is 0.568. The molecule has 4 nitrogen and oxygen atoms in total. The molecule has 0 bridgehead atoms. The van der Waals surface area contributed by atoms with E-state index in [4.69, 9.17) is 0 Å². The van der Waals surface area contributed by atoms with Crippen LogP contribution in [0, 0.1) is 17.8 Å². The van der Waals surface area contributed by atoms with Crippen LogP contribution in [0.5, 0.6) is 0 Å². The molecule has 0 aromatic rings. The lowest BCUT2D eigenvalue weighted by Crippen LogP contribution is -2.29. The Morgan fingerprint density at radius 3 is 2.79 bits per heavy atom. The summed E-state index contributed by atoms with van der Waals surface area (Å²) in [5.74, 6) is -0.620. The fraction of sp³-hybridized carbons (Fsp3) is 0.800. The van der Waals surface area contributed by atoms with Crippen molar-refractivity contribution in [2.75, 3.05) is 13.7 Å². The number of nitrogens with one attached hydrogen (secondary N) is 1. The lowest BCUT2D eigenvalue weighted by atomic mass is 9.88. The quantitative estimate of drug-likeness (QED) is 0.534. The number of carbonyl (C=O) groups excluding carboxylic acids is 2. The maximum absolute atomic E-state index is 11.4. The zero-order valence-electron chi connectivity index (χ0n) is 8.87. The fourth-order valence-electron chi connectivity index (χ4n) is 1.92. The Morgan fingerprint density at radius 1 is 1.64 bits per heavy atom. The van der Waals surface area contributed by atoms with Gasteiger partial charge in [0.1, 0.15) is 5.92 Å². The van der Waals surface area contributed by atoms with E-state index >= 15 is 0 Å². The summed E-state index contributed by atoms with van der Waals surface area (Å²) >= 11 is 0. The second-order valence-corrected chi connectivity index (χ2v) is 4.14. The van der Waals surface area contributed by atoms with Gasteiger partial charge in [0.2, 0.25) is 5.91 Å². The molecule has 2 atom stereocenters. The topological polar surface area (TPSA) is 55.4 Å². The highest BCUT2D eigenvalue weighted by Crippen LogP contribution is 2.25. The summed E-state index contributed by atoms with van der Waals surface area (Å²) in [6.07, 6.45) is 0.874. The lowest BCUT2D eigenvalue weighted by molar-refractivity contribution is -0.150. The Morgan fingerprint density at radius 2 is 2.29 bits per heavy atom. The monoisotopic (exact) mass is 199 g/mol. The summed E-state index contributed by atoms with van der Waals surface area (Å²) in [4.78, 5) is 22.7. The summed E-state index contributed by atoms with van der Waals surface area (Å²) in [5.41, 5.74) is 0. The fourth-order valence-corrected chi connectivity index (χ4v) is 1.92. The molecule has 1 N–H and O–H groups in total. The number of esters is 1. The molecule has 0 saturated carbocycles. The minimum Gasteiger partial charge on any atom is -0.468 e. The summed E-state index contributed by atoms with van der Waals surface area (Å²) in [6.45, 7) is 4.76. The van der Waals surface area contributed by atoms with E-state index in [1.54, 1.807) is 0 Å². The highest BCUT2D eigenvalue weighted by molar-refractivity contribution is 5.99. The van der Waals surface area contributed by atoms with Gasteiger partial charge in [-0.2, -0.15) is 0 Å². The summed E-state index contributed by atoms with van der Waals surface area (Å²) in [6, 6.07) is 0. The van der Waals surface area contributed by atoms with Crippen LogP contribution in [-0.4, -0.2) is 25.5 Å². The van der Waals surface area contributed by atoms with Gasteiger partial charge in [-0.25, -0.2) is 0 Å². The Hall–Kier alpha value is -1.06. The van der Waals surface area contributed by atoms with E-state index in [9.17, 15) is 9.59 Å². The lowest BCUT2D eigenvalue weighted by Gasteiger charge is -2.16. The first kappa shape index (κ1) is 11.0. The Labute approximate surface area is 84.0 Å². The van der Waals surface area contributed by atoms with Crippen LogP contribution >= 0.6 is 0 Å². The van der Waals surface area contributed by atoms with Gasteiger partial charge in [0, 0.05) is 6.54 Å². The van der Waals surface area contributed by atoms with E-state index < -0.39 is 11.9 Å². The molecule has 1 amide bonds. The molecule has 0 radical (unpaired) electrons. The van der Waals surface area contributed by atoms with E-state index in [0.717, 1.165) is 6.42 Å². The van der Waals surface area contributed by atoms with Crippen LogP contribution in [0.15, 0.2) is 0 Å². The first-order valence-corrected chi connectivity index (χ1v) is 4.91. The van der Waals surface area contributed by atoms with E-state index in [1.807, 2.05) is 0 Å². The molecular weight excluding hydrogens is 182 g/mol. The number of carbonyl (C=O) groups is 2. The van der Waals surface area contributed by atoms with Crippen molar-refractivity contribution >= 4 is 11.9 Å². The zero-order chi connectivity index (χ0) is 10.7. The number of ether oxygens (including phenoxy) is 1. The van der Waals surface area contributed by atoms with Gasteiger partial charge < -0.3 is 10.1 Å². The van der Waals surface area contributed by atoms with Gasteiger partial charge in [-0.1, -0.05) is 13.8 Å². The van der Waals surface area contributed by atoms with Crippen LogP contribution < -0.4 is 5.32 Å². The standard InChI is InChI=1S/C10H17NO3/c1-6(2)4-7-5-11-9(12)8(7)10(13)14-3/h6-8H,4-5H2,1-3H3,(H,11,12)/t7-,8+/m1/s1. The predicted molar refractivity (Wildman–Crippen MR) is 51.5 cm³/mol. The van der Waals surface area contributed by atoms with Crippen LogP contribution in [-0.2, 0) is 14.3 Å². The molecule has 14 heavy (non-hydrogen) atoms. The SMILES string of the molecule is COC(=O)[C@@H]1C(=O)NC[C@H]1CC(C)C. The van der Waals surface area contributed by atoms with Gasteiger partial charge in [0.15, 0.2) is 0 Å². The first-order chi connectivity index (χ1) is 6.56. The van der Waals surface area contributed by atoms with Gasteiger partial charge in [-0.3, -0.25) is 9.59 Å². The minimum absolute atomic E-state index is 0.0925. The summed E-state index contributed by atoms with van der Waals surface area (Å²) in [7, 11) is 1.32. The van der Waals surface area contributed by atoms with Gasteiger partial charge in [-0.15, -0.1) is 0 Å².